The average molecular weight is 375 g/mol. The van der Waals surface area contributed by atoms with Gasteiger partial charge in [-0.15, -0.1) is 0 Å². The first kappa shape index (κ1) is 15.6. The first-order valence-corrected chi connectivity index (χ1v) is 8.00. The highest BCUT2D eigenvalue weighted by atomic mass is 79.9. The van der Waals surface area contributed by atoms with E-state index in [4.69, 9.17) is 9.15 Å². The van der Waals surface area contributed by atoms with Crippen LogP contribution in [-0.2, 0) is 6.54 Å². The highest BCUT2D eigenvalue weighted by Crippen LogP contribution is 2.23. The van der Waals surface area contributed by atoms with Gasteiger partial charge in [-0.2, -0.15) is 0 Å². The number of hydrogen-bond donors (Lipinski definition) is 1. The third-order valence-electron chi connectivity index (χ3n) is 3.27. The van der Waals surface area contributed by atoms with Crippen LogP contribution in [0.5, 0.6) is 5.88 Å². The van der Waals surface area contributed by atoms with Gasteiger partial charge in [-0.25, -0.2) is 4.98 Å². The van der Waals surface area contributed by atoms with Gasteiger partial charge in [0.15, 0.2) is 5.76 Å². The molecule has 0 radical (unpaired) electrons. The van der Waals surface area contributed by atoms with Crippen LogP contribution in [0.15, 0.2) is 51.5 Å². The first-order valence-electron chi connectivity index (χ1n) is 7.21. The van der Waals surface area contributed by atoms with Gasteiger partial charge < -0.3 is 14.5 Å². The van der Waals surface area contributed by atoms with E-state index in [0.717, 1.165) is 15.4 Å². The Labute approximate surface area is 141 Å². The number of halogens is 1. The molecule has 3 aromatic rings. The molecule has 2 aromatic heterocycles. The Bertz CT molecular complexity index is 845. The Hall–Kier alpha value is -2.34. The molecule has 2 heterocycles. The second-order valence-electron chi connectivity index (χ2n) is 4.88. The van der Waals surface area contributed by atoms with Crippen LogP contribution < -0.4 is 10.1 Å². The lowest BCUT2D eigenvalue weighted by Crippen LogP contribution is -2.22. The Morgan fingerprint density at radius 1 is 1.35 bits per heavy atom. The maximum absolute atomic E-state index is 12.3. The third kappa shape index (κ3) is 3.53. The van der Waals surface area contributed by atoms with Crippen molar-refractivity contribution in [3.8, 4) is 5.88 Å². The topological polar surface area (TPSA) is 64.4 Å². The van der Waals surface area contributed by atoms with E-state index < -0.39 is 0 Å². The molecule has 0 aliphatic heterocycles. The summed E-state index contributed by atoms with van der Waals surface area (Å²) < 4.78 is 12.0. The van der Waals surface area contributed by atoms with Crippen molar-refractivity contribution in [2.24, 2.45) is 0 Å². The zero-order chi connectivity index (χ0) is 16.2. The Balaban J connectivity index is 1.73. The summed E-state index contributed by atoms with van der Waals surface area (Å²) in [6.45, 7) is 2.74. The summed E-state index contributed by atoms with van der Waals surface area (Å²) in [7, 11) is 0. The minimum Gasteiger partial charge on any atom is -0.478 e. The molecule has 0 aliphatic rings. The van der Waals surface area contributed by atoms with E-state index in [1.807, 2.05) is 37.3 Å². The molecule has 1 amide bonds. The molecule has 0 aliphatic carbocycles. The van der Waals surface area contributed by atoms with Crippen molar-refractivity contribution in [3.05, 3.63) is 58.4 Å². The molecule has 0 fully saturated rings. The molecular formula is C17H15BrN2O3. The van der Waals surface area contributed by atoms with Crippen LogP contribution in [-0.4, -0.2) is 17.5 Å². The Morgan fingerprint density at radius 3 is 3.04 bits per heavy atom. The van der Waals surface area contributed by atoms with Crippen molar-refractivity contribution < 1.29 is 13.9 Å². The largest absolute Gasteiger partial charge is 0.478 e. The lowest BCUT2D eigenvalue weighted by Gasteiger charge is -2.08. The number of fused-ring (bicyclic) bond motifs is 1. The number of aromatic nitrogens is 1. The molecule has 0 unspecified atom stereocenters. The van der Waals surface area contributed by atoms with Gasteiger partial charge in [0.2, 0.25) is 5.88 Å². The predicted molar refractivity (Wildman–Crippen MR) is 90.5 cm³/mol. The second kappa shape index (κ2) is 6.83. The zero-order valence-corrected chi connectivity index (χ0v) is 14.1. The van der Waals surface area contributed by atoms with Crippen molar-refractivity contribution in [2.45, 2.75) is 13.5 Å². The van der Waals surface area contributed by atoms with Gasteiger partial charge >= 0.3 is 0 Å². The number of furan rings is 1. The van der Waals surface area contributed by atoms with Gasteiger partial charge in [-0.3, -0.25) is 4.79 Å². The third-order valence-corrected chi connectivity index (χ3v) is 3.77. The average Bonchev–Trinajstić information content (AvgIpc) is 2.97. The number of rotatable bonds is 5. The van der Waals surface area contributed by atoms with Crippen molar-refractivity contribution in [1.82, 2.24) is 10.3 Å². The summed E-state index contributed by atoms with van der Waals surface area (Å²) >= 11 is 3.40. The lowest BCUT2D eigenvalue weighted by molar-refractivity contribution is 0.0925. The van der Waals surface area contributed by atoms with Crippen molar-refractivity contribution in [3.63, 3.8) is 0 Å². The van der Waals surface area contributed by atoms with Gasteiger partial charge in [0.25, 0.3) is 5.91 Å². The minimum absolute atomic E-state index is 0.274. The van der Waals surface area contributed by atoms with Gasteiger partial charge in [0, 0.05) is 28.2 Å². The van der Waals surface area contributed by atoms with E-state index in [-0.39, 0.29) is 11.7 Å². The molecule has 23 heavy (non-hydrogen) atoms. The van der Waals surface area contributed by atoms with E-state index in [1.54, 1.807) is 12.3 Å². The van der Waals surface area contributed by atoms with Crippen LogP contribution in [0.1, 0.15) is 23.0 Å². The summed E-state index contributed by atoms with van der Waals surface area (Å²) in [6.07, 6.45) is 1.66. The molecule has 0 bridgehead atoms. The lowest BCUT2D eigenvalue weighted by atomic mass is 10.2. The number of nitrogens with zero attached hydrogens (tertiary/aromatic N) is 1. The quantitative estimate of drug-likeness (QED) is 0.734. The summed E-state index contributed by atoms with van der Waals surface area (Å²) in [5, 5.41) is 3.70. The fraction of sp³-hybridized carbons (Fsp3) is 0.176. The van der Waals surface area contributed by atoms with Gasteiger partial charge in [-0.05, 0) is 37.3 Å². The molecule has 6 heteroatoms. The standard InChI is InChI=1S/C17H15BrN2O3/c1-2-22-17-11(4-3-7-19-17)10-20-16(21)15-9-12-8-13(18)5-6-14(12)23-15/h3-9H,2,10H2,1H3,(H,20,21). The molecule has 1 aromatic carbocycles. The van der Waals surface area contributed by atoms with E-state index >= 15 is 0 Å². The Morgan fingerprint density at radius 2 is 2.22 bits per heavy atom. The maximum Gasteiger partial charge on any atom is 0.287 e. The summed E-state index contributed by atoms with van der Waals surface area (Å²) in [5.41, 5.74) is 1.50. The number of nitrogens with one attached hydrogen (secondary N) is 1. The molecule has 0 saturated carbocycles. The van der Waals surface area contributed by atoms with Crippen LogP contribution in [0.4, 0.5) is 0 Å². The van der Waals surface area contributed by atoms with Crippen molar-refractivity contribution in [2.75, 3.05) is 6.61 Å². The molecule has 5 nitrogen and oxygen atoms in total. The molecular weight excluding hydrogens is 360 g/mol. The highest BCUT2D eigenvalue weighted by Gasteiger charge is 2.13. The molecule has 3 rings (SSSR count). The SMILES string of the molecule is CCOc1ncccc1CNC(=O)c1cc2cc(Br)ccc2o1. The number of ether oxygens (including phenoxy) is 1. The van der Waals surface area contributed by atoms with E-state index in [0.29, 0.717) is 24.6 Å². The van der Waals surface area contributed by atoms with Crippen LogP contribution in [0.2, 0.25) is 0 Å². The van der Waals surface area contributed by atoms with Crippen LogP contribution in [0.25, 0.3) is 11.0 Å². The van der Waals surface area contributed by atoms with Gasteiger partial charge in [0.1, 0.15) is 5.58 Å². The van der Waals surface area contributed by atoms with Crippen LogP contribution >= 0.6 is 15.9 Å². The molecule has 1 N–H and O–H groups in total. The maximum atomic E-state index is 12.3. The molecule has 0 spiro atoms. The summed E-state index contributed by atoms with van der Waals surface area (Å²) in [4.78, 5) is 16.4. The normalized spacial score (nSPS) is 10.7. The first-order chi connectivity index (χ1) is 11.2. The minimum atomic E-state index is -0.274. The Kier molecular flexibility index (Phi) is 4.62. The number of carbonyl (C=O) groups is 1. The van der Waals surface area contributed by atoms with Crippen LogP contribution in [0, 0.1) is 0 Å². The van der Waals surface area contributed by atoms with Crippen molar-refractivity contribution >= 4 is 32.8 Å². The number of amides is 1. The van der Waals surface area contributed by atoms with Crippen molar-refractivity contribution in [1.29, 1.82) is 0 Å². The molecule has 0 saturated heterocycles. The molecule has 0 atom stereocenters. The molecule has 118 valence electrons. The summed E-state index contributed by atoms with van der Waals surface area (Å²) in [6, 6.07) is 11.0. The van der Waals surface area contributed by atoms with E-state index in [2.05, 4.69) is 26.2 Å². The smallest absolute Gasteiger partial charge is 0.287 e. The summed E-state index contributed by atoms with van der Waals surface area (Å²) in [5.74, 6) is 0.535. The fourth-order valence-electron chi connectivity index (χ4n) is 2.21. The highest BCUT2D eigenvalue weighted by molar-refractivity contribution is 9.10. The van der Waals surface area contributed by atoms with Gasteiger partial charge in [-0.1, -0.05) is 22.0 Å². The number of hydrogen-bond acceptors (Lipinski definition) is 4. The second-order valence-corrected chi connectivity index (χ2v) is 5.79. The van der Waals surface area contributed by atoms with Gasteiger partial charge in [0.05, 0.1) is 6.61 Å². The number of benzene rings is 1. The number of pyridine rings is 1. The number of carbonyl (C=O) groups excluding carboxylic acids is 1. The van der Waals surface area contributed by atoms with Crippen LogP contribution in [0.3, 0.4) is 0 Å². The van der Waals surface area contributed by atoms with E-state index in [9.17, 15) is 4.79 Å². The fourth-order valence-corrected chi connectivity index (χ4v) is 2.59. The van der Waals surface area contributed by atoms with E-state index in [1.165, 1.54) is 0 Å². The predicted octanol–water partition coefficient (Wildman–Crippen LogP) is 3.92. The monoisotopic (exact) mass is 374 g/mol. The zero-order valence-electron chi connectivity index (χ0n) is 12.5.